The zero-order valence-corrected chi connectivity index (χ0v) is 13.1. The van der Waals surface area contributed by atoms with Crippen molar-refractivity contribution in [2.75, 3.05) is 0 Å². The van der Waals surface area contributed by atoms with E-state index < -0.39 is 0 Å². The Morgan fingerprint density at radius 2 is 1.55 bits per heavy atom. The summed E-state index contributed by atoms with van der Waals surface area (Å²) in [5.41, 5.74) is 3.08. The van der Waals surface area contributed by atoms with Gasteiger partial charge in [0.1, 0.15) is 0 Å². The van der Waals surface area contributed by atoms with E-state index in [2.05, 4.69) is 42.5 Å². The van der Waals surface area contributed by atoms with E-state index in [4.69, 9.17) is 5.21 Å². The highest BCUT2D eigenvalue weighted by Gasteiger charge is 1.99. The van der Waals surface area contributed by atoms with Crippen LogP contribution < -0.4 is 5.48 Å². The second-order valence-electron chi connectivity index (χ2n) is 5.84. The minimum atomic E-state index is -0.281. The molecule has 3 nitrogen and oxygen atoms in total. The molecule has 2 aromatic carbocycles. The van der Waals surface area contributed by atoms with E-state index in [0.717, 1.165) is 25.7 Å². The minimum Gasteiger partial charge on any atom is -0.289 e. The van der Waals surface area contributed by atoms with Gasteiger partial charge in [0.25, 0.3) is 0 Å². The largest absolute Gasteiger partial charge is 0.289 e. The van der Waals surface area contributed by atoms with Gasteiger partial charge in [-0.25, -0.2) is 5.48 Å². The molecule has 0 bridgehead atoms. The van der Waals surface area contributed by atoms with Crippen molar-refractivity contribution in [3.05, 3.63) is 48.0 Å². The molecule has 0 atom stereocenters. The number of carbonyl (C=O) groups excluding carboxylic acids is 1. The van der Waals surface area contributed by atoms with E-state index in [-0.39, 0.29) is 5.91 Å². The smallest absolute Gasteiger partial charge is 0.243 e. The van der Waals surface area contributed by atoms with Crippen molar-refractivity contribution in [1.82, 2.24) is 5.48 Å². The van der Waals surface area contributed by atoms with Gasteiger partial charge in [-0.3, -0.25) is 10.0 Å². The Labute approximate surface area is 132 Å². The molecule has 118 valence electrons. The molecule has 0 aliphatic heterocycles. The van der Waals surface area contributed by atoms with E-state index >= 15 is 0 Å². The molecule has 3 heteroatoms. The van der Waals surface area contributed by atoms with Crippen LogP contribution in [0.15, 0.2) is 42.5 Å². The maximum atomic E-state index is 10.8. The second-order valence-corrected chi connectivity index (χ2v) is 5.84. The Balaban J connectivity index is 1.59. The molecule has 0 heterocycles. The summed E-state index contributed by atoms with van der Waals surface area (Å²) < 4.78 is 0. The molecule has 2 N–H and O–H groups in total. The van der Waals surface area contributed by atoms with E-state index in [0.29, 0.717) is 6.42 Å². The van der Waals surface area contributed by atoms with Crippen LogP contribution in [-0.2, 0) is 11.2 Å². The molecule has 0 aliphatic carbocycles. The van der Waals surface area contributed by atoms with Gasteiger partial charge < -0.3 is 0 Å². The predicted octanol–water partition coefficient (Wildman–Crippen LogP) is 4.62. The van der Waals surface area contributed by atoms with Crippen molar-refractivity contribution in [3.8, 4) is 0 Å². The van der Waals surface area contributed by atoms with E-state index in [1.165, 1.54) is 35.6 Å². The van der Waals surface area contributed by atoms with E-state index in [9.17, 15) is 4.79 Å². The van der Waals surface area contributed by atoms with Crippen LogP contribution in [0.5, 0.6) is 0 Å². The van der Waals surface area contributed by atoms with Crippen LogP contribution in [0.25, 0.3) is 10.8 Å². The molecular formula is C19H25NO2. The molecule has 2 rings (SSSR count). The van der Waals surface area contributed by atoms with Gasteiger partial charge in [-0.15, -0.1) is 0 Å². The highest BCUT2D eigenvalue weighted by atomic mass is 16.5. The number of aryl methyl sites for hydroxylation is 1. The van der Waals surface area contributed by atoms with Crippen LogP contribution >= 0.6 is 0 Å². The molecule has 0 saturated heterocycles. The molecule has 0 aromatic heterocycles. The van der Waals surface area contributed by atoms with Crippen LogP contribution in [0.4, 0.5) is 0 Å². The SMILES string of the molecule is O=C(CCCCCCCCc1ccc2ccccc2c1)NO. The van der Waals surface area contributed by atoms with Crippen molar-refractivity contribution in [2.24, 2.45) is 0 Å². The zero-order valence-electron chi connectivity index (χ0n) is 13.1. The number of nitrogens with one attached hydrogen (secondary N) is 1. The molecular weight excluding hydrogens is 274 g/mol. The van der Waals surface area contributed by atoms with Gasteiger partial charge in [-0.1, -0.05) is 68.1 Å². The molecule has 0 spiro atoms. The van der Waals surface area contributed by atoms with Crippen molar-refractivity contribution >= 4 is 16.7 Å². The van der Waals surface area contributed by atoms with Crippen molar-refractivity contribution < 1.29 is 10.0 Å². The lowest BCUT2D eigenvalue weighted by atomic mass is 10.0. The third-order valence-electron chi connectivity index (χ3n) is 4.06. The number of fused-ring (bicyclic) bond motifs is 1. The minimum absolute atomic E-state index is 0.281. The average molecular weight is 299 g/mol. The van der Waals surface area contributed by atoms with Gasteiger partial charge in [0, 0.05) is 6.42 Å². The van der Waals surface area contributed by atoms with Crippen LogP contribution in [0.2, 0.25) is 0 Å². The fraction of sp³-hybridized carbons (Fsp3) is 0.421. The Morgan fingerprint density at radius 3 is 2.32 bits per heavy atom. The van der Waals surface area contributed by atoms with Gasteiger partial charge in [-0.05, 0) is 35.6 Å². The molecule has 1 amide bonds. The maximum absolute atomic E-state index is 10.8. The Kier molecular flexibility index (Phi) is 6.91. The summed E-state index contributed by atoms with van der Waals surface area (Å²) >= 11 is 0. The fourth-order valence-electron chi connectivity index (χ4n) is 2.77. The van der Waals surface area contributed by atoms with Gasteiger partial charge >= 0.3 is 0 Å². The molecule has 0 aliphatic rings. The highest BCUT2D eigenvalue weighted by Crippen LogP contribution is 2.17. The summed E-state index contributed by atoms with van der Waals surface area (Å²) in [4.78, 5) is 10.8. The number of hydrogen-bond acceptors (Lipinski definition) is 2. The number of hydroxylamine groups is 1. The summed E-state index contributed by atoms with van der Waals surface area (Å²) in [6.07, 6.45) is 8.31. The Hall–Kier alpha value is -1.87. The standard InChI is InChI=1S/C19H25NO2/c21-19(20-22)12-6-4-2-1-3-5-9-16-13-14-17-10-7-8-11-18(17)15-16/h7-8,10-11,13-15,22H,1-6,9,12H2,(H,20,21). The molecule has 0 fully saturated rings. The first kappa shape index (κ1) is 16.5. The first-order valence-corrected chi connectivity index (χ1v) is 8.20. The lowest BCUT2D eigenvalue weighted by molar-refractivity contribution is -0.129. The first-order valence-electron chi connectivity index (χ1n) is 8.20. The van der Waals surface area contributed by atoms with Crippen molar-refractivity contribution in [2.45, 2.75) is 51.4 Å². The Morgan fingerprint density at radius 1 is 0.864 bits per heavy atom. The zero-order chi connectivity index (χ0) is 15.6. The second kappa shape index (κ2) is 9.21. The van der Waals surface area contributed by atoms with Crippen molar-refractivity contribution in [1.29, 1.82) is 0 Å². The lowest BCUT2D eigenvalue weighted by Crippen LogP contribution is -2.17. The monoisotopic (exact) mass is 299 g/mol. The number of carbonyl (C=O) groups is 1. The number of rotatable bonds is 9. The quantitative estimate of drug-likeness (QED) is 0.403. The predicted molar refractivity (Wildman–Crippen MR) is 89.9 cm³/mol. The van der Waals surface area contributed by atoms with Crippen LogP contribution in [-0.4, -0.2) is 11.1 Å². The molecule has 2 aromatic rings. The molecule has 22 heavy (non-hydrogen) atoms. The van der Waals surface area contributed by atoms with Gasteiger partial charge in [0.2, 0.25) is 5.91 Å². The molecule has 0 saturated carbocycles. The van der Waals surface area contributed by atoms with Crippen LogP contribution in [0.1, 0.15) is 50.5 Å². The number of hydrogen-bond donors (Lipinski definition) is 2. The van der Waals surface area contributed by atoms with Crippen LogP contribution in [0, 0.1) is 0 Å². The number of unbranched alkanes of at least 4 members (excludes halogenated alkanes) is 5. The highest BCUT2D eigenvalue weighted by molar-refractivity contribution is 5.82. The Bertz CT molecular complexity index is 595. The maximum Gasteiger partial charge on any atom is 0.243 e. The summed E-state index contributed by atoms with van der Waals surface area (Å²) in [5.74, 6) is -0.281. The third kappa shape index (κ3) is 5.49. The van der Waals surface area contributed by atoms with Crippen LogP contribution in [0.3, 0.4) is 0 Å². The summed E-state index contributed by atoms with van der Waals surface area (Å²) in [7, 11) is 0. The van der Waals surface area contributed by atoms with E-state index in [1.54, 1.807) is 5.48 Å². The first-order chi connectivity index (χ1) is 10.8. The molecule has 0 unspecified atom stereocenters. The fourth-order valence-corrected chi connectivity index (χ4v) is 2.77. The number of benzene rings is 2. The summed E-state index contributed by atoms with van der Waals surface area (Å²) in [6.45, 7) is 0. The third-order valence-corrected chi connectivity index (χ3v) is 4.06. The normalized spacial score (nSPS) is 10.8. The number of amides is 1. The van der Waals surface area contributed by atoms with Crippen molar-refractivity contribution in [3.63, 3.8) is 0 Å². The topological polar surface area (TPSA) is 49.3 Å². The summed E-state index contributed by atoms with van der Waals surface area (Å²) in [6, 6.07) is 15.2. The van der Waals surface area contributed by atoms with Gasteiger partial charge in [-0.2, -0.15) is 0 Å². The average Bonchev–Trinajstić information content (AvgIpc) is 2.56. The summed E-state index contributed by atoms with van der Waals surface area (Å²) in [5, 5.41) is 11.0. The van der Waals surface area contributed by atoms with Gasteiger partial charge in [0.15, 0.2) is 0 Å². The molecule has 0 radical (unpaired) electrons. The van der Waals surface area contributed by atoms with E-state index in [1.807, 2.05) is 0 Å². The van der Waals surface area contributed by atoms with Gasteiger partial charge in [0.05, 0.1) is 0 Å². The lowest BCUT2D eigenvalue weighted by Gasteiger charge is -2.04.